The highest BCUT2D eigenvalue weighted by Crippen LogP contribution is 2.21. The van der Waals surface area contributed by atoms with Gasteiger partial charge in [-0.2, -0.15) is 0 Å². The van der Waals surface area contributed by atoms with E-state index in [1.165, 1.54) is 23.6 Å². The fourth-order valence-electron chi connectivity index (χ4n) is 3.20. The van der Waals surface area contributed by atoms with Gasteiger partial charge >= 0.3 is 6.09 Å². The Balaban J connectivity index is 2.19. The number of amides is 3. The Morgan fingerprint density at radius 1 is 1.22 bits per heavy atom. The molecule has 0 aliphatic heterocycles. The van der Waals surface area contributed by atoms with Crippen LogP contribution in [0.25, 0.3) is 0 Å². The van der Waals surface area contributed by atoms with Crippen molar-refractivity contribution in [3.63, 3.8) is 0 Å². The van der Waals surface area contributed by atoms with Crippen LogP contribution in [0.4, 0.5) is 10.6 Å². The normalized spacial score (nSPS) is 12.7. The zero-order valence-electron chi connectivity index (χ0n) is 19.8. The average molecular weight is 540 g/mol. The molecule has 2 heterocycles. The van der Waals surface area contributed by atoms with E-state index in [0.29, 0.717) is 10.4 Å². The third-order valence-corrected chi connectivity index (χ3v) is 7.07. The lowest BCUT2D eigenvalue weighted by atomic mass is 9.87. The highest BCUT2D eigenvalue weighted by atomic mass is 32.2. The molecule has 2 aromatic rings. The Morgan fingerprint density at radius 3 is 2.53 bits per heavy atom. The molecule has 36 heavy (non-hydrogen) atoms. The molecule has 3 amide bonds. The third-order valence-electron chi connectivity index (χ3n) is 5.01. The second-order valence-electron chi connectivity index (χ2n) is 7.98. The number of carbonyl (C=O) groups excluding carboxylic acids is 3. The molecule has 13 nitrogen and oxygen atoms in total. The van der Waals surface area contributed by atoms with Crippen LogP contribution >= 0.6 is 11.3 Å². The molecule has 0 saturated carbocycles. The summed E-state index contributed by atoms with van der Waals surface area (Å²) in [5.74, 6) is -1.64. The zero-order chi connectivity index (χ0) is 26.9. The van der Waals surface area contributed by atoms with Crippen LogP contribution in [0.3, 0.4) is 0 Å². The maximum absolute atomic E-state index is 13.3. The van der Waals surface area contributed by atoms with E-state index in [2.05, 4.69) is 25.7 Å². The van der Waals surface area contributed by atoms with Gasteiger partial charge in [0.25, 0.3) is 0 Å². The van der Waals surface area contributed by atoms with E-state index >= 15 is 0 Å². The lowest BCUT2D eigenvalue weighted by Crippen LogP contribution is -2.61. The van der Waals surface area contributed by atoms with Crippen molar-refractivity contribution in [2.75, 3.05) is 31.4 Å². The topological polar surface area (TPSA) is 219 Å². The van der Waals surface area contributed by atoms with Crippen LogP contribution in [-0.4, -0.2) is 68.3 Å². The summed E-state index contributed by atoms with van der Waals surface area (Å²) in [5, 5.41) is 15.0. The summed E-state index contributed by atoms with van der Waals surface area (Å²) >= 11 is 1.25. The van der Waals surface area contributed by atoms with Crippen LogP contribution in [0.1, 0.15) is 21.7 Å². The van der Waals surface area contributed by atoms with E-state index in [4.69, 9.17) is 16.9 Å². The van der Waals surface area contributed by atoms with Gasteiger partial charge in [-0.3, -0.25) is 15.0 Å². The van der Waals surface area contributed by atoms with E-state index in [1.54, 1.807) is 18.2 Å². The predicted molar refractivity (Wildman–Crippen MR) is 135 cm³/mol. The summed E-state index contributed by atoms with van der Waals surface area (Å²) in [5.41, 5.74) is 9.90. The number of thiophene rings is 1. The minimum Gasteiger partial charge on any atom is -0.453 e. The maximum Gasteiger partial charge on any atom is 0.407 e. The molecule has 0 fully saturated rings. The maximum atomic E-state index is 13.3. The summed E-state index contributed by atoms with van der Waals surface area (Å²) < 4.78 is 28.5. The van der Waals surface area contributed by atoms with E-state index in [-0.39, 0.29) is 31.0 Å². The van der Waals surface area contributed by atoms with Gasteiger partial charge in [0.15, 0.2) is 0 Å². The third kappa shape index (κ3) is 8.81. The fraction of sp³-hybridized carbons (Fsp3) is 0.381. The molecule has 0 aliphatic carbocycles. The summed E-state index contributed by atoms with van der Waals surface area (Å²) in [6.07, 6.45) is 1.04. The fourth-order valence-corrected chi connectivity index (χ4v) is 4.73. The molecule has 0 spiro atoms. The molecule has 0 aromatic carbocycles. The molecule has 0 radical (unpaired) electrons. The van der Waals surface area contributed by atoms with E-state index in [1.807, 2.05) is 0 Å². The van der Waals surface area contributed by atoms with Crippen molar-refractivity contribution < 1.29 is 27.5 Å². The molecule has 15 heteroatoms. The quantitative estimate of drug-likeness (QED) is 0.151. The van der Waals surface area contributed by atoms with Gasteiger partial charge in [0, 0.05) is 23.8 Å². The number of rotatable bonds is 12. The molecule has 8 N–H and O–H groups in total. The molecule has 0 bridgehead atoms. The van der Waals surface area contributed by atoms with Crippen molar-refractivity contribution in [2.24, 2.45) is 5.73 Å². The Kier molecular flexibility index (Phi) is 9.75. The monoisotopic (exact) mass is 539 g/mol. The van der Waals surface area contributed by atoms with Gasteiger partial charge < -0.3 is 32.2 Å². The molecular formula is C21H29N7O6S2. The molecule has 0 saturated heterocycles. The Hall–Kier alpha value is -3.72. The van der Waals surface area contributed by atoms with Crippen molar-refractivity contribution in [2.45, 2.75) is 24.9 Å². The summed E-state index contributed by atoms with van der Waals surface area (Å²) in [6.45, 7) is -0.283. The van der Waals surface area contributed by atoms with Crippen LogP contribution < -0.4 is 27.4 Å². The number of nitrogen functional groups attached to an aromatic ring is 2. The number of pyridine rings is 1. The smallest absolute Gasteiger partial charge is 0.407 e. The number of nitrogens with one attached hydrogen (secondary N) is 4. The number of amidine groups is 1. The molecular weight excluding hydrogens is 510 g/mol. The number of alkyl carbamates (subject to hydrolysis) is 1. The number of nitrogens with zero attached hydrogens (tertiary/aromatic N) is 1. The molecule has 2 aromatic heterocycles. The van der Waals surface area contributed by atoms with Crippen LogP contribution in [0.2, 0.25) is 0 Å². The van der Waals surface area contributed by atoms with Crippen molar-refractivity contribution in [3.05, 3.63) is 45.8 Å². The lowest BCUT2D eigenvalue weighted by Gasteiger charge is -2.33. The number of hydrogen-bond donors (Lipinski definition) is 6. The van der Waals surface area contributed by atoms with E-state index in [0.717, 1.165) is 18.2 Å². The summed E-state index contributed by atoms with van der Waals surface area (Å²) in [6, 6.07) is 6.44. The SMILES string of the molecule is COC(=O)NC(CCS(C)(=O)=O)(Cc1ccnc(N)c1)C(=O)NCC(=O)NCc1ccc(C(=N)N)s1. The van der Waals surface area contributed by atoms with Gasteiger partial charge in [0.1, 0.15) is 27.0 Å². The minimum atomic E-state index is -3.52. The van der Waals surface area contributed by atoms with E-state index in [9.17, 15) is 22.8 Å². The first kappa shape index (κ1) is 28.5. The first-order chi connectivity index (χ1) is 16.8. The van der Waals surface area contributed by atoms with Gasteiger partial charge in [0.05, 0.1) is 30.8 Å². The number of aromatic nitrogens is 1. The largest absolute Gasteiger partial charge is 0.453 e. The first-order valence-corrected chi connectivity index (χ1v) is 13.4. The lowest BCUT2D eigenvalue weighted by molar-refractivity contribution is -0.130. The number of carbonyl (C=O) groups is 3. The van der Waals surface area contributed by atoms with Crippen LogP contribution in [0.15, 0.2) is 30.5 Å². The number of methoxy groups -OCH3 is 1. The van der Waals surface area contributed by atoms with Crippen LogP contribution in [0.5, 0.6) is 0 Å². The van der Waals surface area contributed by atoms with Gasteiger partial charge in [-0.15, -0.1) is 11.3 Å². The average Bonchev–Trinajstić information content (AvgIpc) is 3.28. The number of anilines is 1. The van der Waals surface area contributed by atoms with Gasteiger partial charge in [-0.25, -0.2) is 18.2 Å². The van der Waals surface area contributed by atoms with Gasteiger partial charge in [-0.05, 0) is 36.2 Å². The van der Waals surface area contributed by atoms with Gasteiger partial charge in [-0.1, -0.05) is 0 Å². The number of sulfone groups is 1. The van der Waals surface area contributed by atoms with E-state index < -0.39 is 45.6 Å². The van der Waals surface area contributed by atoms with Crippen molar-refractivity contribution in [1.82, 2.24) is 20.9 Å². The molecule has 1 atom stereocenters. The summed E-state index contributed by atoms with van der Waals surface area (Å²) in [7, 11) is -2.41. The van der Waals surface area contributed by atoms with Crippen molar-refractivity contribution in [3.8, 4) is 0 Å². The van der Waals surface area contributed by atoms with Crippen LogP contribution in [-0.2, 0) is 37.1 Å². The highest BCUT2D eigenvalue weighted by molar-refractivity contribution is 7.90. The van der Waals surface area contributed by atoms with Crippen molar-refractivity contribution >= 4 is 50.7 Å². The standard InChI is InChI=1S/C21H29N7O6S2/c1-34-20(31)28-21(6-8-36(2,32)33,10-13-5-7-25-16(22)9-13)19(30)27-12-17(29)26-11-14-3-4-15(35-14)18(23)24/h3-5,7,9H,6,8,10-12H2,1-2H3,(H2,22,25)(H3,23,24)(H,26,29)(H,27,30)(H,28,31). The Bertz CT molecular complexity index is 1230. The number of ether oxygens (including phenoxy) is 1. The number of nitrogens with two attached hydrogens (primary N) is 2. The Morgan fingerprint density at radius 2 is 1.94 bits per heavy atom. The molecule has 1 unspecified atom stereocenters. The second kappa shape index (κ2) is 12.3. The molecule has 2 rings (SSSR count). The van der Waals surface area contributed by atoms with Crippen molar-refractivity contribution in [1.29, 1.82) is 5.41 Å². The Labute approximate surface area is 212 Å². The minimum absolute atomic E-state index is 0.0793. The summed E-state index contributed by atoms with van der Waals surface area (Å²) in [4.78, 5) is 43.1. The zero-order valence-corrected chi connectivity index (χ0v) is 21.4. The van der Waals surface area contributed by atoms with Crippen LogP contribution in [0, 0.1) is 5.41 Å². The molecule has 0 aliphatic rings. The predicted octanol–water partition coefficient (Wildman–Crippen LogP) is -0.486. The first-order valence-electron chi connectivity index (χ1n) is 10.6. The highest BCUT2D eigenvalue weighted by Gasteiger charge is 2.41. The molecule has 196 valence electrons. The number of hydrogen-bond acceptors (Lipinski definition) is 10. The van der Waals surface area contributed by atoms with Gasteiger partial charge in [0.2, 0.25) is 11.8 Å². The second-order valence-corrected chi connectivity index (χ2v) is 11.4.